The van der Waals surface area contributed by atoms with Gasteiger partial charge in [-0.15, -0.1) is 0 Å². The minimum atomic E-state index is -2.68. The lowest BCUT2D eigenvalue weighted by atomic mass is 10.4. The molecule has 0 radical (unpaired) electrons. The molecule has 4 aromatic carbocycles. The third-order valence-electron chi connectivity index (χ3n) is 6.31. The highest BCUT2D eigenvalue weighted by atomic mass is 28.4. The molecule has 3 heteroatoms. The molecule has 0 atom stereocenters. The van der Waals surface area contributed by atoms with Crippen LogP contribution in [0.4, 0.5) is 4.79 Å². The van der Waals surface area contributed by atoms with Gasteiger partial charge in [-0.1, -0.05) is 134 Å². The van der Waals surface area contributed by atoms with Crippen LogP contribution in [-0.4, -0.2) is 21.2 Å². The molecule has 0 aliphatic rings. The summed E-state index contributed by atoms with van der Waals surface area (Å²) in [6.45, 7) is 4.47. The largest absolute Gasteiger partial charge is 0.309 e. The van der Waals surface area contributed by atoms with Crippen LogP contribution in [0.25, 0.3) is 0 Å². The Morgan fingerprint density at radius 2 is 0.633 bits per heavy atom. The van der Waals surface area contributed by atoms with Crippen molar-refractivity contribution in [3.8, 4) is 0 Å². The van der Waals surface area contributed by atoms with Crippen LogP contribution in [0, 0.1) is 0 Å². The number of rotatable bonds is 6. The normalized spacial score (nSPS) is 11.8. The molecule has 30 heavy (non-hydrogen) atoms. The number of benzene rings is 4. The highest BCUT2D eigenvalue weighted by Gasteiger charge is 2.51. The first-order valence-electron chi connectivity index (χ1n) is 10.3. The summed E-state index contributed by atoms with van der Waals surface area (Å²) in [5.41, 5.74) is 0. The van der Waals surface area contributed by atoms with Gasteiger partial charge in [0.1, 0.15) is 5.03 Å². The zero-order valence-corrected chi connectivity index (χ0v) is 19.5. The van der Waals surface area contributed by atoms with Crippen molar-refractivity contribution in [2.75, 3.05) is 0 Å². The highest BCUT2D eigenvalue weighted by molar-refractivity contribution is 7.46. The predicted molar refractivity (Wildman–Crippen MR) is 133 cm³/mol. The van der Waals surface area contributed by atoms with E-state index >= 15 is 0 Å². The second kappa shape index (κ2) is 8.38. The highest BCUT2D eigenvalue weighted by Crippen LogP contribution is 2.18. The molecule has 4 aromatic rings. The van der Waals surface area contributed by atoms with Crippen molar-refractivity contribution in [3.63, 3.8) is 0 Å². The van der Waals surface area contributed by atoms with E-state index in [1.165, 1.54) is 20.7 Å². The van der Waals surface area contributed by atoms with Crippen molar-refractivity contribution < 1.29 is 4.79 Å². The van der Waals surface area contributed by atoms with E-state index in [2.05, 4.69) is 110 Å². The van der Waals surface area contributed by atoms with Gasteiger partial charge in [-0.2, -0.15) is 0 Å². The predicted octanol–water partition coefficient (Wildman–Crippen LogP) is 4.06. The third kappa shape index (κ3) is 3.40. The molecule has 0 bridgehead atoms. The maximum absolute atomic E-state index is 14.8. The van der Waals surface area contributed by atoms with Crippen LogP contribution in [-0.2, 0) is 0 Å². The second-order valence-electron chi connectivity index (χ2n) is 8.04. The maximum Gasteiger partial charge on any atom is 0.185 e. The first-order valence-corrected chi connectivity index (χ1v) is 15.3. The van der Waals surface area contributed by atoms with Crippen molar-refractivity contribution >= 4 is 41.9 Å². The van der Waals surface area contributed by atoms with Gasteiger partial charge in [0, 0.05) is 0 Å². The lowest BCUT2D eigenvalue weighted by Gasteiger charge is -2.37. The third-order valence-corrected chi connectivity index (χ3v) is 17.1. The van der Waals surface area contributed by atoms with E-state index in [1.54, 1.807) is 0 Å². The Bertz CT molecular complexity index is 941. The Morgan fingerprint density at radius 3 is 0.833 bits per heavy atom. The van der Waals surface area contributed by atoms with Crippen LogP contribution < -0.4 is 20.7 Å². The lowest BCUT2D eigenvalue weighted by molar-refractivity contribution is 0.272. The molecule has 0 aliphatic heterocycles. The summed E-state index contributed by atoms with van der Waals surface area (Å²) in [5, 5.41) is 5.13. The summed E-state index contributed by atoms with van der Waals surface area (Å²) in [6.07, 6.45) is 0. The van der Waals surface area contributed by atoms with Crippen molar-refractivity contribution in [2.24, 2.45) is 0 Å². The number of carbonyl (C=O) groups is 1. The lowest BCUT2D eigenvalue weighted by Crippen LogP contribution is -2.75. The smallest absolute Gasteiger partial charge is 0.185 e. The SMILES string of the molecule is C[Si](C(=O)[Si](C)(c1ccccc1)c1ccccc1)(c1ccccc1)c1ccccc1. The molecule has 0 unspecified atom stereocenters. The summed E-state index contributed by atoms with van der Waals surface area (Å²) in [7, 11) is -5.37. The quantitative estimate of drug-likeness (QED) is 0.428. The van der Waals surface area contributed by atoms with E-state index < -0.39 is 16.1 Å². The van der Waals surface area contributed by atoms with E-state index in [4.69, 9.17) is 0 Å². The van der Waals surface area contributed by atoms with Gasteiger partial charge in [-0.25, -0.2) is 0 Å². The maximum atomic E-state index is 14.8. The number of hydrogen-bond donors (Lipinski definition) is 0. The van der Waals surface area contributed by atoms with E-state index in [9.17, 15) is 4.79 Å². The fraction of sp³-hybridized carbons (Fsp3) is 0.0741. The van der Waals surface area contributed by atoms with Gasteiger partial charge >= 0.3 is 0 Å². The summed E-state index contributed by atoms with van der Waals surface area (Å²) < 4.78 is 0. The minimum Gasteiger partial charge on any atom is -0.309 e. The van der Waals surface area contributed by atoms with Gasteiger partial charge in [0.05, 0.1) is 0 Å². The molecular weight excluding hydrogens is 396 g/mol. The fourth-order valence-electron chi connectivity index (χ4n) is 4.44. The van der Waals surface area contributed by atoms with Gasteiger partial charge in [-0.05, 0) is 20.7 Å². The average Bonchev–Trinajstić information content (AvgIpc) is 2.84. The minimum absolute atomic E-state index is 0.435. The molecule has 0 fully saturated rings. The van der Waals surface area contributed by atoms with Crippen LogP contribution in [0.3, 0.4) is 0 Å². The van der Waals surface area contributed by atoms with Gasteiger partial charge < -0.3 is 4.79 Å². The summed E-state index contributed by atoms with van der Waals surface area (Å²) >= 11 is 0. The fourth-order valence-corrected chi connectivity index (χ4v) is 15.3. The van der Waals surface area contributed by atoms with Crippen molar-refractivity contribution in [3.05, 3.63) is 121 Å². The molecule has 1 nitrogen and oxygen atoms in total. The molecular formula is C27H26OSi2. The van der Waals surface area contributed by atoms with Gasteiger partial charge in [-0.3, -0.25) is 0 Å². The molecule has 0 heterocycles. The number of hydrogen-bond acceptors (Lipinski definition) is 1. The first kappa shape index (κ1) is 20.3. The van der Waals surface area contributed by atoms with Crippen molar-refractivity contribution in [1.82, 2.24) is 0 Å². The Labute approximate surface area is 181 Å². The van der Waals surface area contributed by atoms with Gasteiger partial charge in [0.25, 0.3) is 0 Å². The Kier molecular flexibility index (Phi) is 5.66. The zero-order valence-electron chi connectivity index (χ0n) is 17.5. The van der Waals surface area contributed by atoms with Crippen LogP contribution in [0.15, 0.2) is 121 Å². The molecule has 0 saturated heterocycles. The van der Waals surface area contributed by atoms with Crippen LogP contribution in [0.1, 0.15) is 0 Å². The first-order chi connectivity index (χ1) is 14.6. The molecule has 0 spiro atoms. The summed E-state index contributed by atoms with van der Waals surface area (Å²) in [4.78, 5) is 14.8. The molecule has 0 amide bonds. The molecule has 0 N–H and O–H groups in total. The van der Waals surface area contributed by atoms with Crippen molar-refractivity contribution in [2.45, 2.75) is 13.1 Å². The Balaban J connectivity index is 1.99. The standard InChI is InChI=1S/C27H26OSi2/c1-29(23-15-7-3-8-16-23,24-17-9-4-10-18-24)27(28)30(2,25-19-11-5-12-20-25)26-21-13-6-14-22-26/h3-22H,1-2H3. The van der Waals surface area contributed by atoms with Crippen LogP contribution >= 0.6 is 0 Å². The van der Waals surface area contributed by atoms with Crippen molar-refractivity contribution in [1.29, 1.82) is 0 Å². The Morgan fingerprint density at radius 1 is 0.433 bits per heavy atom. The average molecular weight is 423 g/mol. The van der Waals surface area contributed by atoms with E-state index in [0.717, 1.165) is 0 Å². The van der Waals surface area contributed by atoms with E-state index in [-0.39, 0.29) is 0 Å². The van der Waals surface area contributed by atoms with Crippen LogP contribution in [0.5, 0.6) is 0 Å². The van der Waals surface area contributed by atoms with Gasteiger partial charge in [0.15, 0.2) is 16.1 Å². The van der Waals surface area contributed by atoms with Crippen LogP contribution in [0.2, 0.25) is 13.1 Å². The molecule has 0 aromatic heterocycles. The molecule has 0 aliphatic carbocycles. The van der Waals surface area contributed by atoms with E-state index in [0.29, 0.717) is 5.03 Å². The van der Waals surface area contributed by atoms with Gasteiger partial charge in [0.2, 0.25) is 0 Å². The van der Waals surface area contributed by atoms with E-state index in [1.807, 2.05) is 24.3 Å². The molecule has 4 rings (SSSR count). The molecule has 148 valence electrons. The number of carbonyl (C=O) groups excluding carboxylic acids is 1. The second-order valence-corrected chi connectivity index (χ2v) is 16.3. The zero-order chi connectivity index (χ0) is 21.0. The summed E-state index contributed by atoms with van der Waals surface area (Å²) in [6, 6.07) is 41.7. The summed E-state index contributed by atoms with van der Waals surface area (Å²) in [5.74, 6) is 0. The topological polar surface area (TPSA) is 17.1 Å². The Hall–Kier alpha value is -3.02. The monoisotopic (exact) mass is 422 g/mol. The molecule has 0 saturated carbocycles.